The van der Waals surface area contributed by atoms with Crippen LogP contribution in [-0.4, -0.2) is 9.97 Å². The van der Waals surface area contributed by atoms with E-state index in [1.807, 2.05) is 6.92 Å². The number of hydrogen-bond donors (Lipinski definition) is 1. The van der Waals surface area contributed by atoms with Gasteiger partial charge in [-0.1, -0.05) is 6.92 Å². The van der Waals surface area contributed by atoms with Gasteiger partial charge < -0.3 is 5.73 Å². The zero-order chi connectivity index (χ0) is 9.42. The van der Waals surface area contributed by atoms with E-state index >= 15 is 0 Å². The molecule has 1 saturated carbocycles. The van der Waals surface area contributed by atoms with Crippen LogP contribution in [0.5, 0.6) is 0 Å². The summed E-state index contributed by atoms with van der Waals surface area (Å²) in [4.78, 5) is 8.66. The maximum Gasteiger partial charge on any atom is 0.141 e. The zero-order valence-electron chi connectivity index (χ0n) is 7.55. The second-order valence-electron chi connectivity index (χ2n) is 3.35. The first kappa shape index (κ1) is 8.94. The van der Waals surface area contributed by atoms with Crippen molar-refractivity contribution < 1.29 is 0 Å². The molecule has 70 valence electrons. The SMILES string of the molecule is CCc1nc(N)c(Br)c(C2CC2)n1. The van der Waals surface area contributed by atoms with Crippen molar-refractivity contribution in [2.45, 2.75) is 32.1 Å². The molecule has 0 aliphatic heterocycles. The molecule has 1 fully saturated rings. The van der Waals surface area contributed by atoms with E-state index in [-0.39, 0.29) is 0 Å². The van der Waals surface area contributed by atoms with Crippen molar-refractivity contribution in [2.75, 3.05) is 5.73 Å². The van der Waals surface area contributed by atoms with Crippen LogP contribution in [0, 0.1) is 0 Å². The van der Waals surface area contributed by atoms with Crippen LogP contribution in [0.25, 0.3) is 0 Å². The van der Waals surface area contributed by atoms with Gasteiger partial charge in [0, 0.05) is 12.3 Å². The van der Waals surface area contributed by atoms with Gasteiger partial charge in [0.2, 0.25) is 0 Å². The lowest BCUT2D eigenvalue weighted by Crippen LogP contribution is -2.03. The van der Waals surface area contributed by atoms with Crippen LogP contribution < -0.4 is 5.73 Å². The largest absolute Gasteiger partial charge is 0.383 e. The molecule has 3 nitrogen and oxygen atoms in total. The molecule has 0 atom stereocenters. The summed E-state index contributed by atoms with van der Waals surface area (Å²) in [5.74, 6) is 2.04. The Kier molecular flexibility index (Phi) is 2.24. The molecule has 0 radical (unpaired) electrons. The van der Waals surface area contributed by atoms with Gasteiger partial charge in [-0.15, -0.1) is 0 Å². The number of nitrogens with two attached hydrogens (primary N) is 1. The molecule has 0 unspecified atom stereocenters. The molecule has 1 aliphatic carbocycles. The fraction of sp³-hybridized carbons (Fsp3) is 0.556. The van der Waals surface area contributed by atoms with Gasteiger partial charge in [0.15, 0.2) is 0 Å². The third-order valence-corrected chi connectivity index (χ3v) is 3.04. The van der Waals surface area contributed by atoms with Crippen LogP contribution in [0.2, 0.25) is 0 Å². The minimum Gasteiger partial charge on any atom is -0.383 e. The van der Waals surface area contributed by atoms with E-state index in [1.54, 1.807) is 0 Å². The highest BCUT2D eigenvalue weighted by atomic mass is 79.9. The summed E-state index contributed by atoms with van der Waals surface area (Å²) in [7, 11) is 0. The molecule has 4 heteroatoms. The third kappa shape index (κ3) is 1.68. The van der Waals surface area contributed by atoms with E-state index in [9.17, 15) is 0 Å². The number of nitrogens with zero attached hydrogens (tertiary/aromatic N) is 2. The molecule has 0 amide bonds. The number of hydrogen-bond acceptors (Lipinski definition) is 3. The van der Waals surface area contributed by atoms with Crippen LogP contribution in [0.1, 0.15) is 37.2 Å². The predicted octanol–water partition coefficient (Wildman–Crippen LogP) is 2.26. The van der Waals surface area contributed by atoms with Gasteiger partial charge in [-0.25, -0.2) is 9.97 Å². The highest BCUT2D eigenvalue weighted by molar-refractivity contribution is 9.10. The number of halogens is 1. The molecule has 0 saturated heterocycles. The molecule has 2 rings (SSSR count). The lowest BCUT2D eigenvalue weighted by atomic mass is 10.2. The zero-order valence-corrected chi connectivity index (χ0v) is 9.13. The molecule has 13 heavy (non-hydrogen) atoms. The minimum absolute atomic E-state index is 0.578. The van der Waals surface area contributed by atoms with E-state index in [1.165, 1.54) is 12.8 Å². The van der Waals surface area contributed by atoms with Gasteiger partial charge >= 0.3 is 0 Å². The lowest BCUT2D eigenvalue weighted by Gasteiger charge is -2.06. The topological polar surface area (TPSA) is 51.8 Å². The molecule has 1 aromatic heterocycles. The van der Waals surface area contributed by atoms with E-state index in [0.29, 0.717) is 11.7 Å². The standard InChI is InChI=1S/C9H12BrN3/c1-2-6-12-8(5-3-4-5)7(10)9(11)13-6/h5H,2-4H2,1H3,(H2,11,12,13). The van der Waals surface area contributed by atoms with Gasteiger partial charge in [-0.3, -0.25) is 0 Å². The monoisotopic (exact) mass is 241 g/mol. The second-order valence-corrected chi connectivity index (χ2v) is 4.15. The number of rotatable bonds is 2. The van der Waals surface area contributed by atoms with Crippen molar-refractivity contribution in [3.05, 3.63) is 16.0 Å². The molecule has 1 heterocycles. The molecule has 1 aromatic rings. The fourth-order valence-electron chi connectivity index (χ4n) is 1.32. The Balaban J connectivity index is 2.46. The minimum atomic E-state index is 0.578. The van der Waals surface area contributed by atoms with Gasteiger partial charge in [0.05, 0.1) is 10.2 Å². The number of aromatic nitrogens is 2. The van der Waals surface area contributed by atoms with Gasteiger partial charge in [0.25, 0.3) is 0 Å². The summed E-state index contributed by atoms with van der Waals surface area (Å²) >= 11 is 3.43. The Labute approximate surface area is 85.9 Å². The summed E-state index contributed by atoms with van der Waals surface area (Å²) in [6.45, 7) is 2.04. The fourth-order valence-corrected chi connectivity index (χ4v) is 1.82. The average molecular weight is 242 g/mol. The smallest absolute Gasteiger partial charge is 0.141 e. The second kappa shape index (κ2) is 3.25. The van der Waals surface area contributed by atoms with Gasteiger partial charge in [-0.05, 0) is 28.8 Å². The normalized spacial score (nSPS) is 16.2. The molecule has 1 aliphatic rings. The van der Waals surface area contributed by atoms with Crippen molar-refractivity contribution in [3.8, 4) is 0 Å². The van der Waals surface area contributed by atoms with Crippen LogP contribution in [0.15, 0.2) is 4.47 Å². The molecular weight excluding hydrogens is 230 g/mol. The molecule has 2 N–H and O–H groups in total. The van der Waals surface area contributed by atoms with Crippen molar-refractivity contribution in [3.63, 3.8) is 0 Å². The van der Waals surface area contributed by atoms with Crippen molar-refractivity contribution in [1.29, 1.82) is 0 Å². The highest BCUT2D eigenvalue weighted by Crippen LogP contribution is 2.43. The number of aryl methyl sites for hydroxylation is 1. The first-order valence-electron chi connectivity index (χ1n) is 4.54. The molecule has 0 bridgehead atoms. The first-order chi connectivity index (χ1) is 6.22. The maximum atomic E-state index is 5.76. The quantitative estimate of drug-likeness (QED) is 0.865. The molecule has 0 aromatic carbocycles. The average Bonchev–Trinajstić information content (AvgIpc) is 2.92. The van der Waals surface area contributed by atoms with E-state index in [4.69, 9.17) is 5.73 Å². The van der Waals surface area contributed by atoms with E-state index in [0.717, 1.165) is 22.4 Å². The van der Waals surface area contributed by atoms with Crippen molar-refractivity contribution in [2.24, 2.45) is 0 Å². The van der Waals surface area contributed by atoms with Gasteiger partial charge in [0.1, 0.15) is 11.6 Å². The Morgan fingerprint density at radius 3 is 2.69 bits per heavy atom. The summed E-state index contributed by atoms with van der Waals surface area (Å²) in [5.41, 5.74) is 6.87. The number of nitrogen functional groups attached to an aromatic ring is 1. The third-order valence-electron chi connectivity index (χ3n) is 2.23. The molecular formula is C9H12BrN3. The van der Waals surface area contributed by atoms with Crippen LogP contribution in [0.3, 0.4) is 0 Å². The summed E-state index contributed by atoms with van der Waals surface area (Å²) < 4.78 is 0.896. The van der Waals surface area contributed by atoms with Crippen LogP contribution >= 0.6 is 15.9 Å². The Morgan fingerprint density at radius 2 is 2.15 bits per heavy atom. The van der Waals surface area contributed by atoms with E-state index in [2.05, 4.69) is 25.9 Å². The maximum absolute atomic E-state index is 5.76. The van der Waals surface area contributed by atoms with Crippen molar-refractivity contribution >= 4 is 21.7 Å². The van der Waals surface area contributed by atoms with Gasteiger partial charge in [-0.2, -0.15) is 0 Å². The first-order valence-corrected chi connectivity index (χ1v) is 5.33. The summed E-state index contributed by atoms with van der Waals surface area (Å²) in [6, 6.07) is 0. The predicted molar refractivity (Wildman–Crippen MR) is 55.5 cm³/mol. The Morgan fingerprint density at radius 1 is 1.46 bits per heavy atom. The highest BCUT2D eigenvalue weighted by Gasteiger charge is 2.28. The van der Waals surface area contributed by atoms with Crippen LogP contribution in [-0.2, 0) is 6.42 Å². The van der Waals surface area contributed by atoms with Crippen LogP contribution in [0.4, 0.5) is 5.82 Å². The summed E-state index contributed by atoms with van der Waals surface area (Å²) in [6.07, 6.45) is 3.31. The lowest BCUT2D eigenvalue weighted by molar-refractivity contribution is 0.879. The number of anilines is 1. The Bertz CT molecular complexity index is 334. The van der Waals surface area contributed by atoms with E-state index < -0.39 is 0 Å². The van der Waals surface area contributed by atoms with Crippen molar-refractivity contribution in [1.82, 2.24) is 9.97 Å². The summed E-state index contributed by atoms with van der Waals surface area (Å²) in [5, 5.41) is 0. The molecule has 0 spiro atoms. The Hall–Kier alpha value is -0.640.